The molecule has 0 N–H and O–H groups in total. The van der Waals surface area contributed by atoms with Crippen molar-refractivity contribution in [2.24, 2.45) is 0 Å². The molecule has 1 fully saturated rings. The Morgan fingerprint density at radius 1 is 0.962 bits per heavy atom. The van der Waals surface area contributed by atoms with Crippen molar-refractivity contribution in [2.75, 3.05) is 46.4 Å². The van der Waals surface area contributed by atoms with Gasteiger partial charge in [-0.1, -0.05) is 48.0 Å². The highest BCUT2D eigenvalue weighted by Crippen LogP contribution is 2.23. The van der Waals surface area contributed by atoms with Gasteiger partial charge in [-0.05, 0) is 37.6 Å². The molecule has 26 heavy (non-hydrogen) atoms. The normalized spacial score (nSPS) is 15.5. The van der Waals surface area contributed by atoms with Gasteiger partial charge >= 0.3 is 0 Å². The summed E-state index contributed by atoms with van der Waals surface area (Å²) in [5.41, 5.74) is 3.90. The van der Waals surface area contributed by atoms with Gasteiger partial charge in [0.25, 0.3) is 0 Å². The zero-order valence-corrected chi connectivity index (χ0v) is 16.8. The Morgan fingerprint density at radius 2 is 1.69 bits per heavy atom. The van der Waals surface area contributed by atoms with E-state index < -0.39 is 0 Å². The molecular weight excluding hydrogens is 344 g/mol. The van der Waals surface area contributed by atoms with Crippen LogP contribution in [-0.4, -0.2) is 56.2 Å². The molecule has 0 atom stereocenters. The van der Waals surface area contributed by atoms with Gasteiger partial charge in [0, 0.05) is 39.1 Å². The fourth-order valence-corrected chi connectivity index (χ4v) is 3.34. The number of ether oxygens (including phenoxy) is 1. The van der Waals surface area contributed by atoms with Crippen LogP contribution in [0.1, 0.15) is 23.1 Å². The molecule has 0 bridgehead atoms. The lowest BCUT2D eigenvalue weighted by atomic mass is 10.0. The van der Waals surface area contributed by atoms with Crippen LogP contribution in [0.2, 0.25) is 0 Å². The van der Waals surface area contributed by atoms with E-state index in [4.69, 9.17) is 4.74 Å². The summed E-state index contributed by atoms with van der Waals surface area (Å²) >= 11 is 0. The zero-order valence-electron chi connectivity index (χ0n) is 16.0. The molecular formula is C22H31ClN2O. The number of rotatable bonds is 7. The van der Waals surface area contributed by atoms with Crippen LogP contribution >= 0.6 is 12.4 Å². The van der Waals surface area contributed by atoms with Crippen molar-refractivity contribution in [3.8, 4) is 5.75 Å². The summed E-state index contributed by atoms with van der Waals surface area (Å²) in [6.45, 7) is 8.79. The molecule has 4 heteroatoms. The fraction of sp³-hybridized carbons (Fsp3) is 0.455. The van der Waals surface area contributed by atoms with Crippen molar-refractivity contribution < 1.29 is 4.74 Å². The Morgan fingerprint density at radius 3 is 2.42 bits per heavy atom. The van der Waals surface area contributed by atoms with E-state index in [1.807, 2.05) is 0 Å². The summed E-state index contributed by atoms with van der Waals surface area (Å²) in [5.74, 6) is 1.04. The Balaban J connectivity index is 0.00000243. The SMILES string of the molecule is Cc1ccc(OCCCN2CCN(C)CC2)c(Cc2ccccc2)c1.Cl. The van der Waals surface area contributed by atoms with Gasteiger partial charge in [0.05, 0.1) is 6.61 Å². The molecule has 2 aromatic rings. The summed E-state index contributed by atoms with van der Waals surface area (Å²) in [4.78, 5) is 4.94. The van der Waals surface area contributed by atoms with E-state index in [0.717, 1.165) is 31.7 Å². The number of halogens is 1. The number of piperazine rings is 1. The van der Waals surface area contributed by atoms with Crippen LogP contribution in [0.4, 0.5) is 0 Å². The summed E-state index contributed by atoms with van der Waals surface area (Å²) in [6, 6.07) is 17.1. The van der Waals surface area contributed by atoms with E-state index in [9.17, 15) is 0 Å². The molecule has 142 valence electrons. The van der Waals surface area contributed by atoms with Crippen LogP contribution in [0.25, 0.3) is 0 Å². The lowest BCUT2D eigenvalue weighted by molar-refractivity contribution is 0.145. The molecule has 1 heterocycles. The van der Waals surface area contributed by atoms with Gasteiger partial charge in [0.1, 0.15) is 5.75 Å². The highest BCUT2D eigenvalue weighted by molar-refractivity contribution is 5.85. The van der Waals surface area contributed by atoms with E-state index in [1.54, 1.807) is 0 Å². The maximum Gasteiger partial charge on any atom is 0.122 e. The standard InChI is InChI=1S/C22H30N2O.ClH/c1-19-9-10-22(21(17-19)18-20-7-4-3-5-8-20)25-16-6-11-24-14-12-23(2)13-15-24;/h3-5,7-10,17H,6,11-16,18H2,1-2H3;1H. The van der Waals surface area contributed by atoms with Crippen molar-refractivity contribution in [1.82, 2.24) is 9.80 Å². The topological polar surface area (TPSA) is 15.7 Å². The average Bonchev–Trinajstić information content (AvgIpc) is 2.63. The first-order valence-corrected chi connectivity index (χ1v) is 9.38. The number of hydrogen-bond acceptors (Lipinski definition) is 3. The lowest BCUT2D eigenvalue weighted by Gasteiger charge is -2.32. The predicted molar refractivity (Wildman–Crippen MR) is 112 cm³/mol. The Bertz CT molecular complexity index is 654. The van der Waals surface area contributed by atoms with Crippen LogP contribution in [0, 0.1) is 6.92 Å². The molecule has 0 radical (unpaired) electrons. The summed E-state index contributed by atoms with van der Waals surface area (Å²) in [7, 11) is 2.20. The molecule has 0 saturated carbocycles. The molecule has 0 aliphatic carbocycles. The van der Waals surface area contributed by atoms with Gasteiger partial charge in [-0.3, -0.25) is 0 Å². The first kappa shape index (κ1) is 20.8. The van der Waals surface area contributed by atoms with Crippen LogP contribution in [-0.2, 0) is 6.42 Å². The highest BCUT2D eigenvalue weighted by atomic mass is 35.5. The number of nitrogens with zero attached hydrogens (tertiary/aromatic N) is 2. The number of benzene rings is 2. The van der Waals surface area contributed by atoms with Crippen molar-refractivity contribution >= 4 is 12.4 Å². The Hall–Kier alpha value is -1.55. The van der Waals surface area contributed by atoms with Crippen LogP contribution in [0.3, 0.4) is 0 Å². The first-order valence-electron chi connectivity index (χ1n) is 9.38. The third kappa shape index (κ3) is 6.31. The molecule has 0 amide bonds. The summed E-state index contributed by atoms with van der Waals surface area (Å²) in [6.07, 6.45) is 2.01. The van der Waals surface area contributed by atoms with Gasteiger partial charge in [0.15, 0.2) is 0 Å². The molecule has 0 spiro atoms. The van der Waals surface area contributed by atoms with E-state index in [1.165, 1.54) is 42.9 Å². The minimum atomic E-state index is 0. The van der Waals surface area contributed by atoms with E-state index in [-0.39, 0.29) is 12.4 Å². The minimum absolute atomic E-state index is 0. The van der Waals surface area contributed by atoms with E-state index in [2.05, 4.69) is 72.3 Å². The molecule has 1 aliphatic heterocycles. The number of aryl methyl sites for hydroxylation is 1. The third-order valence-electron chi connectivity index (χ3n) is 4.93. The molecule has 3 nitrogen and oxygen atoms in total. The van der Waals surface area contributed by atoms with Crippen LogP contribution in [0.15, 0.2) is 48.5 Å². The highest BCUT2D eigenvalue weighted by Gasteiger charge is 2.13. The fourth-order valence-electron chi connectivity index (χ4n) is 3.34. The Labute approximate surface area is 164 Å². The predicted octanol–water partition coefficient (Wildman–Crippen LogP) is 4.02. The average molecular weight is 375 g/mol. The zero-order chi connectivity index (χ0) is 17.5. The first-order chi connectivity index (χ1) is 12.2. The van der Waals surface area contributed by atoms with Crippen LogP contribution < -0.4 is 4.74 Å². The van der Waals surface area contributed by atoms with Crippen molar-refractivity contribution in [3.05, 3.63) is 65.2 Å². The third-order valence-corrected chi connectivity index (χ3v) is 4.93. The smallest absolute Gasteiger partial charge is 0.122 e. The monoisotopic (exact) mass is 374 g/mol. The second kappa shape index (κ2) is 10.6. The molecule has 1 aliphatic rings. The number of hydrogen-bond donors (Lipinski definition) is 0. The quantitative estimate of drug-likeness (QED) is 0.680. The van der Waals surface area contributed by atoms with Gasteiger partial charge in [-0.15, -0.1) is 12.4 Å². The Kier molecular flexibility index (Phi) is 8.43. The van der Waals surface area contributed by atoms with Gasteiger partial charge in [0.2, 0.25) is 0 Å². The van der Waals surface area contributed by atoms with E-state index >= 15 is 0 Å². The summed E-state index contributed by atoms with van der Waals surface area (Å²) < 4.78 is 6.14. The molecule has 2 aromatic carbocycles. The molecule has 0 unspecified atom stereocenters. The van der Waals surface area contributed by atoms with Crippen molar-refractivity contribution in [3.63, 3.8) is 0 Å². The largest absolute Gasteiger partial charge is 0.493 e. The maximum atomic E-state index is 6.14. The molecule has 3 rings (SSSR count). The molecule has 1 saturated heterocycles. The second-order valence-electron chi connectivity index (χ2n) is 7.12. The van der Waals surface area contributed by atoms with Gasteiger partial charge in [-0.2, -0.15) is 0 Å². The van der Waals surface area contributed by atoms with Crippen LogP contribution in [0.5, 0.6) is 5.75 Å². The van der Waals surface area contributed by atoms with Crippen molar-refractivity contribution in [2.45, 2.75) is 19.8 Å². The molecule has 0 aromatic heterocycles. The van der Waals surface area contributed by atoms with Gasteiger partial charge < -0.3 is 14.5 Å². The van der Waals surface area contributed by atoms with Crippen molar-refractivity contribution in [1.29, 1.82) is 0 Å². The lowest BCUT2D eigenvalue weighted by Crippen LogP contribution is -2.44. The summed E-state index contributed by atoms with van der Waals surface area (Å²) in [5, 5.41) is 0. The number of likely N-dealkylation sites (N-methyl/N-ethyl adjacent to an activating group) is 1. The van der Waals surface area contributed by atoms with Gasteiger partial charge in [-0.25, -0.2) is 0 Å². The minimum Gasteiger partial charge on any atom is -0.493 e. The second-order valence-corrected chi connectivity index (χ2v) is 7.12. The maximum absolute atomic E-state index is 6.14. The van der Waals surface area contributed by atoms with E-state index in [0.29, 0.717) is 0 Å².